The number of ether oxygens (including phenoxy) is 2. The second-order valence-corrected chi connectivity index (χ2v) is 5.99. The van der Waals surface area contributed by atoms with E-state index < -0.39 is 6.29 Å². The van der Waals surface area contributed by atoms with E-state index in [1.165, 1.54) is 0 Å². The molecule has 1 aromatic rings. The second-order valence-electron chi connectivity index (χ2n) is 5.99. The number of nitrogens with one attached hydrogen (secondary N) is 1. The van der Waals surface area contributed by atoms with Gasteiger partial charge in [0, 0.05) is 32.2 Å². The minimum absolute atomic E-state index is 0.108. The zero-order chi connectivity index (χ0) is 15.7. The van der Waals surface area contributed by atoms with Crippen LogP contribution in [0.25, 0.3) is 0 Å². The van der Waals surface area contributed by atoms with Crippen LogP contribution < -0.4 is 14.8 Å². The van der Waals surface area contributed by atoms with Crippen molar-refractivity contribution < 1.29 is 18.3 Å². The minimum Gasteiger partial charge on any atom is -0.395 e. The molecule has 0 radical (unpaired) electrons. The van der Waals surface area contributed by atoms with Crippen molar-refractivity contribution in [2.24, 2.45) is 5.92 Å². The quantitative estimate of drug-likeness (QED) is 0.927. The van der Waals surface area contributed by atoms with Crippen molar-refractivity contribution in [2.75, 3.05) is 26.2 Å². The first-order valence-electron chi connectivity index (χ1n) is 7.84. The van der Waals surface area contributed by atoms with Crippen LogP contribution in [0.3, 0.4) is 0 Å². The van der Waals surface area contributed by atoms with Crippen LogP contribution in [0, 0.1) is 5.92 Å². The zero-order valence-electron chi connectivity index (χ0n) is 12.9. The Morgan fingerprint density at radius 3 is 2.59 bits per heavy atom. The van der Waals surface area contributed by atoms with Gasteiger partial charge in [0.2, 0.25) is 0 Å². The summed E-state index contributed by atoms with van der Waals surface area (Å²) in [6.07, 6.45) is -2.53. The molecule has 6 heteroatoms. The number of halogens is 2. The average molecular weight is 312 g/mol. The molecule has 0 spiro atoms. The highest BCUT2D eigenvalue weighted by Gasteiger charge is 2.43. The number of rotatable bonds is 4. The van der Waals surface area contributed by atoms with Crippen LogP contribution in [0.15, 0.2) is 18.2 Å². The van der Waals surface area contributed by atoms with Gasteiger partial charge >= 0.3 is 6.29 Å². The van der Waals surface area contributed by atoms with Gasteiger partial charge in [-0.05, 0) is 23.6 Å². The topological polar surface area (TPSA) is 33.7 Å². The van der Waals surface area contributed by atoms with Crippen LogP contribution in [-0.4, -0.2) is 37.4 Å². The third kappa shape index (κ3) is 3.03. The van der Waals surface area contributed by atoms with Gasteiger partial charge in [-0.15, -0.1) is 8.78 Å². The van der Waals surface area contributed by atoms with E-state index in [1.54, 1.807) is 12.1 Å². The Morgan fingerprint density at radius 2 is 1.91 bits per heavy atom. The number of piperazine rings is 1. The van der Waals surface area contributed by atoms with Crippen molar-refractivity contribution in [3.63, 3.8) is 0 Å². The van der Waals surface area contributed by atoms with E-state index in [4.69, 9.17) is 0 Å². The van der Waals surface area contributed by atoms with Gasteiger partial charge in [0.05, 0.1) is 0 Å². The first-order chi connectivity index (χ1) is 10.5. The zero-order valence-corrected chi connectivity index (χ0v) is 12.9. The molecule has 4 nitrogen and oxygen atoms in total. The van der Waals surface area contributed by atoms with Crippen molar-refractivity contribution in [1.82, 2.24) is 10.2 Å². The number of nitrogens with zero attached hydrogens (tertiary/aromatic N) is 1. The highest BCUT2D eigenvalue weighted by atomic mass is 19.3. The maximum Gasteiger partial charge on any atom is 0.586 e. The van der Waals surface area contributed by atoms with Gasteiger partial charge in [-0.2, -0.15) is 0 Å². The number of fused-ring (bicyclic) bond motifs is 1. The molecule has 1 unspecified atom stereocenters. The summed E-state index contributed by atoms with van der Waals surface area (Å²) in [7, 11) is 0. The molecule has 3 rings (SSSR count). The summed E-state index contributed by atoms with van der Waals surface area (Å²) in [5.41, 5.74) is 1.01. The van der Waals surface area contributed by atoms with Crippen LogP contribution in [0.1, 0.15) is 31.9 Å². The SMILES string of the molecule is CCC(C)[C@@H](c1ccc2c(c1)OC(F)(F)O2)N1CCNCC1. The van der Waals surface area contributed by atoms with E-state index in [0.717, 1.165) is 38.2 Å². The monoisotopic (exact) mass is 312 g/mol. The molecule has 0 aromatic heterocycles. The molecule has 1 aromatic carbocycles. The Kier molecular flexibility index (Phi) is 4.23. The molecular weight excluding hydrogens is 290 g/mol. The van der Waals surface area contributed by atoms with Crippen molar-refractivity contribution >= 4 is 0 Å². The highest BCUT2D eigenvalue weighted by Crippen LogP contribution is 2.43. The van der Waals surface area contributed by atoms with Gasteiger partial charge < -0.3 is 14.8 Å². The van der Waals surface area contributed by atoms with Crippen LogP contribution in [0.5, 0.6) is 11.5 Å². The summed E-state index contributed by atoms with van der Waals surface area (Å²) in [5, 5.41) is 3.34. The lowest BCUT2D eigenvalue weighted by Gasteiger charge is -2.38. The summed E-state index contributed by atoms with van der Waals surface area (Å²) in [5.74, 6) is 0.668. The van der Waals surface area contributed by atoms with Crippen molar-refractivity contribution in [1.29, 1.82) is 0 Å². The molecule has 2 aliphatic heterocycles. The number of hydrogen-bond acceptors (Lipinski definition) is 4. The van der Waals surface area contributed by atoms with Gasteiger partial charge in [0.25, 0.3) is 0 Å². The molecule has 2 aliphatic rings. The smallest absolute Gasteiger partial charge is 0.395 e. The first-order valence-corrected chi connectivity index (χ1v) is 7.84. The Morgan fingerprint density at radius 1 is 1.23 bits per heavy atom. The van der Waals surface area contributed by atoms with Gasteiger partial charge in [-0.1, -0.05) is 26.3 Å². The standard InChI is InChI=1S/C16H22F2N2O2/c1-3-11(2)15(20-8-6-19-7-9-20)12-4-5-13-14(10-12)22-16(17,18)21-13/h4-5,10-11,15,19H,3,6-9H2,1-2H3/t11?,15-/m0/s1. The predicted molar refractivity (Wildman–Crippen MR) is 79.3 cm³/mol. The number of benzene rings is 1. The maximum absolute atomic E-state index is 13.2. The fourth-order valence-corrected chi connectivity index (χ4v) is 3.23. The molecular formula is C16H22F2N2O2. The fraction of sp³-hybridized carbons (Fsp3) is 0.625. The fourth-order valence-electron chi connectivity index (χ4n) is 3.23. The Bertz CT molecular complexity index is 533. The normalized spacial score (nSPS) is 23.3. The van der Waals surface area contributed by atoms with E-state index in [2.05, 4.69) is 33.5 Å². The van der Waals surface area contributed by atoms with Crippen LogP contribution in [0.4, 0.5) is 8.78 Å². The molecule has 0 bridgehead atoms. The molecule has 2 atom stereocenters. The van der Waals surface area contributed by atoms with E-state index >= 15 is 0 Å². The predicted octanol–water partition coefficient (Wildman–Crippen LogP) is 3.00. The molecule has 122 valence electrons. The molecule has 1 saturated heterocycles. The minimum atomic E-state index is -3.55. The van der Waals surface area contributed by atoms with E-state index in [1.807, 2.05) is 6.07 Å². The van der Waals surface area contributed by atoms with Crippen molar-refractivity contribution in [3.05, 3.63) is 23.8 Å². The van der Waals surface area contributed by atoms with Crippen LogP contribution in [-0.2, 0) is 0 Å². The third-order valence-corrected chi connectivity index (χ3v) is 4.49. The van der Waals surface area contributed by atoms with Gasteiger partial charge in [-0.3, -0.25) is 4.90 Å². The number of alkyl halides is 2. The lowest BCUT2D eigenvalue weighted by molar-refractivity contribution is -0.286. The van der Waals surface area contributed by atoms with Crippen LogP contribution >= 0.6 is 0 Å². The van der Waals surface area contributed by atoms with Gasteiger partial charge in [-0.25, -0.2) is 0 Å². The molecule has 2 heterocycles. The largest absolute Gasteiger partial charge is 0.586 e. The third-order valence-electron chi connectivity index (χ3n) is 4.49. The summed E-state index contributed by atoms with van der Waals surface area (Å²) in [4.78, 5) is 2.42. The van der Waals surface area contributed by atoms with Crippen molar-refractivity contribution in [3.8, 4) is 11.5 Å². The van der Waals surface area contributed by atoms with E-state index in [-0.39, 0.29) is 17.5 Å². The molecule has 22 heavy (non-hydrogen) atoms. The lowest BCUT2D eigenvalue weighted by atomic mass is 9.90. The molecule has 0 aliphatic carbocycles. The van der Waals surface area contributed by atoms with E-state index in [9.17, 15) is 8.78 Å². The second kappa shape index (κ2) is 6.01. The highest BCUT2D eigenvalue weighted by molar-refractivity contribution is 5.46. The summed E-state index contributed by atoms with van der Waals surface area (Å²) < 4.78 is 35.5. The maximum atomic E-state index is 13.2. The van der Waals surface area contributed by atoms with Crippen LogP contribution in [0.2, 0.25) is 0 Å². The van der Waals surface area contributed by atoms with Gasteiger partial charge in [0.15, 0.2) is 11.5 Å². The van der Waals surface area contributed by atoms with E-state index in [0.29, 0.717) is 5.92 Å². The molecule has 1 fully saturated rings. The Hall–Kier alpha value is -1.40. The lowest BCUT2D eigenvalue weighted by Crippen LogP contribution is -2.46. The summed E-state index contributed by atoms with van der Waals surface area (Å²) in [6, 6.07) is 5.37. The van der Waals surface area contributed by atoms with Gasteiger partial charge in [0.1, 0.15) is 0 Å². The average Bonchev–Trinajstić information content (AvgIpc) is 2.81. The first kappa shape index (κ1) is 15.5. The summed E-state index contributed by atoms with van der Waals surface area (Å²) in [6.45, 7) is 8.18. The Labute approximate surface area is 129 Å². The van der Waals surface area contributed by atoms with Crippen molar-refractivity contribution in [2.45, 2.75) is 32.6 Å². The molecule has 1 N–H and O–H groups in total. The number of hydrogen-bond donors (Lipinski definition) is 1. The molecule has 0 amide bonds. The summed E-state index contributed by atoms with van der Waals surface area (Å²) >= 11 is 0. The Balaban J connectivity index is 1.88. The molecule has 0 saturated carbocycles.